The predicted molar refractivity (Wildman–Crippen MR) is 88.6 cm³/mol. The summed E-state index contributed by atoms with van der Waals surface area (Å²) in [5.41, 5.74) is 9.14. The first-order valence-corrected chi connectivity index (χ1v) is 7.30. The molecule has 0 aliphatic rings. The fraction of sp³-hybridized carbons (Fsp3) is 0.188. The second-order valence-electron chi connectivity index (χ2n) is 4.84. The summed E-state index contributed by atoms with van der Waals surface area (Å²) < 4.78 is 6.39. The van der Waals surface area contributed by atoms with E-state index in [1.165, 1.54) is 0 Å². The highest BCUT2D eigenvalue weighted by Gasteiger charge is 2.09. The Hall–Kier alpha value is -2.01. The van der Waals surface area contributed by atoms with Crippen LogP contribution < -0.4 is 15.8 Å². The summed E-state index contributed by atoms with van der Waals surface area (Å²) in [5.74, 6) is 0.401. The van der Waals surface area contributed by atoms with Gasteiger partial charge in [0.05, 0.1) is 11.4 Å². The zero-order valence-corrected chi connectivity index (χ0v) is 13.5. The van der Waals surface area contributed by atoms with E-state index in [4.69, 9.17) is 10.5 Å². The van der Waals surface area contributed by atoms with Gasteiger partial charge in [0, 0.05) is 4.47 Å². The number of hydrogen-bond acceptors (Lipinski definition) is 3. The first-order valence-electron chi connectivity index (χ1n) is 6.50. The Kier molecular flexibility index (Phi) is 4.85. The number of amides is 1. The van der Waals surface area contributed by atoms with E-state index in [9.17, 15) is 4.79 Å². The summed E-state index contributed by atoms with van der Waals surface area (Å²) in [4.78, 5) is 11.9. The van der Waals surface area contributed by atoms with Crippen molar-refractivity contribution in [3.05, 3.63) is 52.0 Å². The maximum absolute atomic E-state index is 11.9. The molecule has 0 aliphatic heterocycles. The SMILES string of the molecule is Cc1cc(C)c(NC(=O)COc2ccc(Br)cc2)c(N)c1. The maximum Gasteiger partial charge on any atom is 0.262 e. The average Bonchev–Trinajstić information content (AvgIpc) is 2.42. The van der Waals surface area contributed by atoms with E-state index < -0.39 is 0 Å². The molecule has 0 saturated carbocycles. The van der Waals surface area contributed by atoms with Gasteiger partial charge in [0.1, 0.15) is 5.75 Å². The molecule has 0 spiro atoms. The number of ether oxygens (including phenoxy) is 1. The van der Waals surface area contributed by atoms with Crippen LogP contribution in [0.5, 0.6) is 5.75 Å². The van der Waals surface area contributed by atoms with Crippen LogP contribution >= 0.6 is 15.9 Å². The summed E-state index contributed by atoms with van der Waals surface area (Å²) >= 11 is 3.34. The van der Waals surface area contributed by atoms with Crippen LogP contribution in [0, 0.1) is 13.8 Å². The molecule has 4 nitrogen and oxygen atoms in total. The van der Waals surface area contributed by atoms with Gasteiger partial charge in [-0.15, -0.1) is 0 Å². The first-order chi connectivity index (χ1) is 9.95. The Morgan fingerprint density at radius 2 is 1.90 bits per heavy atom. The maximum atomic E-state index is 11.9. The molecule has 0 bridgehead atoms. The van der Waals surface area contributed by atoms with Gasteiger partial charge in [-0.1, -0.05) is 22.0 Å². The Morgan fingerprint density at radius 1 is 1.24 bits per heavy atom. The van der Waals surface area contributed by atoms with Crippen molar-refractivity contribution < 1.29 is 9.53 Å². The van der Waals surface area contributed by atoms with Gasteiger partial charge in [0.2, 0.25) is 0 Å². The number of aryl methyl sites for hydroxylation is 2. The zero-order valence-electron chi connectivity index (χ0n) is 11.9. The quantitative estimate of drug-likeness (QED) is 0.828. The van der Waals surface area contributed by atoms with E-state index in [1.807, 2.05) is 38.1 Å². The van der Waals surface area contributed by atoms with Crippen molar-refractivity contribution in [2.45, 2.75) is 13.8 Å². The monoisotopic (exact) mass is 348 g/mol. The molecule has 0 unspecified atom stereocenters. The van der Waals surface area contributed by atoms with Gasteiger partial charge in [-0.2, -0.15) is 0 Å². The third kappa shape index (κ3) is 4.23. The molecule has 0 aliphatic carbocycles. The number of halogens is 1. The summed E-state index contributed by atoms with van der Waals surface area (Å²) in [7, 11) is 0. The minimum atomic E-state index is -0.239. The molecule has 2 rings (SSSR count). The molecule has 5 heteroatoms. The number of carbonyl (C=O) groups excluding carboxylic acids is 1. The first kappa shape index (κ1) is 15.4. The Morgan fingerprint density at radius 3 is 2.52 bits per heavy atom. The van der Waals surface area contributed by atoms with Gasteiger partial charge in [-0.3, -0.25) is 4.79 Å². The van der Waals surface area contributed by atoms with Gasteiger partial charge in [-0.25, -0.2) is 0 Å². The lowest BCUT2D eigenvalue weighted by atomic mass is 10.1. The lowest BCUT2D eigenvalue weighted by Gasteiger charge is -2.13. The van der Waals surface area contributed by atoms with Gasteiger partial charge < -0.3 is 15.8 Å². The second kappa shape index (κ2) is 6.63. The van der Waals surface area contributed by atoms with Crippen molar-refractivity contribution in [3.8, 4) is 5.75 Å². The standard InChI is InChI=1S/C16H17BrN2O2/c1-10-7-11(2)16(14(18)8-10)19-15(20)9-21-13-5-3-12(17)4-6-13/h3-8H,9,18H2,1-2H3,(H,19,20). The van der Waals surface area contributed by atoms with Crippen molar-refractivity contribution in [2.75, 3.05) is 17.7 Å². The van der Waals surface area contributed by atoms with Crippen LogP contribution in [0.4, 0.5) is 11.4 Å². The lowest BCUT2D eigenvalue weighted by Crippen LogP contribution is -2.21. The van der Waals surface area contributed by atoms with Crippen molar-refractivity contribution in [1.29, 1.82) is 0 Å². The number of nitrogens with two attached hydrogens (primary N) is 1. The van der Waals surface area contributed by atoms with Crippen LogP contribution in [0.2, 0.25) is 0 Å². The van der Waals surface area contributed by atoms with Crippen LogP contribution in [-0.4, -0.2) is 12.5 Å². The molecule has 2 aromatic carbocycles. The molecule has 0 aromatic heterocycles. The number of carbonyl (C=O) groups is 1. The second-order valence-corrected chi connectivity index (χ2v) is 5.75. The molecule has 0 atom stereocenters. The lowest BCUT2D eigenvalue weighted by molar-refractivity contribution is -0.118. The molecule has 3 N–H and O–H groups in total. The van der Waals surface area contributed by atoms with E-state index in [1.54, 1.807) is 12.1 Å². The highest BCUT2D eigenvalue weighted by molar-refractivity contribution is 9.10. The van der Waals surface area contributed by atoms with Gasteiger partial charge in [0.25, 0.3) is 5.91 Å². The molecule has 0 fully saturated rings. The van der Waals surface area contributed by atoms with Gasteiger partial charge in [0.15, 0.2) is 6.61 Å². The van der Waals surface area contributed by atoms with Crippen LogP contribution in [-0.2, 0) is 4.79 Å². The predicted octanol–water partition coefficient (Wildman–Crippen LogP) is 3.67. The number of anilines is 2. The molecule has 0 heterocycles. The average molecular weight is 349 g/mol. The number of rotatable bonds is 4. The van der Waals surface area contributed by atoms with Crippen LogP contribution in [0.1, 0.15) is 11.1 Å². The van der Waals surface area contributed by atoms with Crippen LogP contribution in [0.15, 0.2) is 40.9 Å². The molecule has 1 amide bonds. The summed E-state index contributed by atoms with van der Waals surface area (Å²) in [6.07, 6.45) is 0. The molecule has 2 aromatic rings. The Bertz CT molecular complexity index is 631. The zero-order chi connectivity index (χ0) is 15.4. The number of benzene rings is 2. The van der Waals surface area contributed by atoms with Gasteiger partial charge >= 0.3 is 0 Å². The number of nitrogen functional groups attached to an aromatic ring is 1. The highest BCUT2D eigenvalue weighted by Crippen LogP contribution is 2.24. The van der Waals surface area contributed by atoms with E-state index in [-0.39, 0.29) is 12.5 Å². The topological polar surface area (TPSA) is 64.3 Å². The van der Waals surface area contributed by atoms with E-state index in [2.05, 4.69) is 21.2 Å². The van der Waals surface area contributed by atoms with Crippen LogP contribution in [0.25, 0.3) is 0 Å². The minimum Gasteiger partial charge on any atom is -0.484 e. The van der Waals surface area contributed by atoms with E-state index >= 15 is 0 Å². The van der Waals surface area contributed by atoms with Crippen molar-refractivity contribution in [2.24, 2.45) is 0 Å². The molecule has 110 valence electrons. The highest BCUT2D eigenvalue weighted by atomic mass is 79.9. The van der Waals surface area contributed by atoms with Crippen molar-refractivity contribution in [1.82, 2.24) is 0 Å². The minimum absolute atomic E-state index is 0.0611. The van der Waals surface area contributed by atoms with Crippen molar-refractivity contribution in [3.63, 3.8) is 0 Å². The number of hydrogen-bond donors (Lipinski definition) is 2. The smallest absolute Gasteiger partial charge is 0.262 e. The van der Waals surface area contributed by atoms with E-state index in [0.717, 1.165) is 15.6 Å². The fourth-order valence-electron chi connectivity index (χ4n) is 2.03. The fourth-order valence-corrected chi connectivity index (χ4v) is 2.29. The summed E-state index contributed by atoms with van der Waals surface area (Å²) in [5, 5.41) is 2.79. The third-order valence-corrected chi connectivity index (χ3v) is 3.49. The molecular formula is C16H17BrN2O2. The summed E-state index contributed by atoms with van der Waals surface area (Å²) in [6, 6.07) is 11.1. The van der Waals surface area contributed by atoms with Crippen LogP contribution in [0.3, 0.4) is 0 Å². The van der Waals surface area contributed by atoms with E-state index in [0.29, 0.717) is 17.1 Å². The van der Waals surface area contributed by atoms with Crippen molar-refractivity contribution >= 4 is 33.2 Å². The van der Waals surface area contributed by atoms with Gasteiger partial charge in [-0.05, 0) is 55.3 Å². The molecule has 0 saturated heterocycles. The third-order valence-electron chi connectivity index (χ3n) is 2.96. The molecular weight excluding hydrogens is 332 g/mol. The molecule has 0 radical (unpaired) electrons. The molecule has 21 heavy (non-hydrogen) atoms. The number of nitrogens with one attached hydrogen (secondary N) is 1. The Balaban J connectivity index is 1.97. The summed E-state index contributed by atoms with van der Waals surface area (Å²) in [6.45, 7) is 3.81. The normalized spacial score (nSPS) is 10.2. The Labute approximate surface area is 132 Å². The largest absolute Gasteiger partial charge is 0.484 e.